The van der Waals surface area contributed by atoms with E-state index in [1.807, 2.05) is 12.1 Å². The second-order valence-corrected chi connectivity index (χ2v) is 15.9. The molecule has 60 heavy (non-hydrogen) atoms. The first kappa shape index (κ1) is 33.1. The molecule has 0 amide bonds. The molecule has 2 heterocycles. The number of furan rings is 2. The van der Waals surface area contributed by atoms with Crippen molar-refractivity contribution in [2.24, 2.45) is 0 Å². The van der Waals surface area contributed by atoms with Gasteiger partial charge in [0.2, 0.25) is 0 Å². The minimum Gasteiger partial charge on any atom is -0.455 e. The lowest BCUT2D eigenvalue weighted by Gasteiger charge is -2.20. The molecule has 0 radical (unpaired) electrons. The van der Waals surface area contributed by atoms with Crippen LogP contribution in [0.1, 0.15) is 0 Å². The van der Waals surface area contributed by atoms with Gasteiger partial charge in [0.1, 0.15) is 22.3 Å². The molecule has 0 N–H and O–H groups in total. The molecule has 0 aliphatic rings. The second-order valence-electron chi connectivity index (χ2n) is 15.9. The van der Waals surface area contributed by atoms with E-state index in [0.717, 1.165) is 54.6 Å². The Labute approximate surface area is 345 Å². The Bertz CT molecular complexity index is 3830. The Morgan fingerprint density at radius 1 is 0.250 bits per heavy atom. The van der Waals surface area contributed by atoms with E-state index >= 15 is 0 Å². The van der Waals surface area contributed by atoms with Crippen LogP contribution in [0.3, 0.4) is 0 Å². The molecular weight excluding hydrogens is 729 g/mol. The maximum absolute atomic E-state index is 6.62. The molecule has 0 fully saturated rings. The van der Waals surface area contributed by atoms with Crippen LogP contribution in [0, 0.1) is 0 Å². The van der Waals surface area contributed by atoms with Crippen molar-refractivity contribution in [1.82, 2.24) is 0 Å². The Balaban J connectivity index is 0.984. The maximum atomic E-state index is 6.62. The van der Waals surface area contributed by atoms with Gasteiger partial charge in [0.15, 0.2) is 0 Å². The van der Waals surface area contributed by atoms with Crippen molar-refractivity contribution in [2.45, 2.75) is 0 Å². The zero-order chi connectivity index (χ0) is 39.3. The van der Waals surface area contributed by atoms with E-state index in [9.17, 15) is 0 Å². The minimum atomic E-state index is 0.837. The Morgan fingerprint density at radius 2 is 0.817 bits per heavy atom. The summed E-state index contributed by atoms with van der Waals surface area (Å²) in [7, 11) is 0. The van der Waals surface area contributed by atoms with Gasteiger partial charge in [-0.15, -0.1) is 0 Å². The zero-order valence-electron chi connectivity index (χ0n) is 32.4. The van der Waals surface area contributed by atoms with Gasteiger partial charge in [0.25, 0.3) is 0 Å². The van der Waals surface area contributed by atoms with Crippen molar-refractivity contribution < 1.29 is 8.83 Å². The van der Waals surface area contributed by atoms with E-state index in [2.05, 4.69) is 194 Å². The highest BCUT2D eigenvalue weighted by Gasteiger charge is 2.21. The number of para-hydroxylation sites is 1. The highest BCUT2D eigenvalue weighted by Crippen LogP contribution is 2.48. The predicted octanol–water partition coefficient (Wildman–Crippen LogP) is 16.8. The number of fused-ring (bicyclic) bond motifs is 12. The van der Waals surface area contributed by atoms with Crippen LogP contribution in [0.5, 0.6) is 0 Å². The molecule has 0 unspecified atom stereocenters. The molecule has 0 atom stereocenters. The molecule has 13 rings (SSSR count). The summed E-state index contributed by atoms with van der Waals surface area (Å²) < 4.78 is 13.1. The van der Waals surface area contributed by atoms with Crippen LogP contribution in [-0.4, -0.2) is 0 Å². The molecule has 0 aliphatic heterocycles. The lowest BCUT2D eigenvalue weighted by atomic mass is 9.83. The quantitative estimate of drug-likeness (QED) is 0.167. The summed E-state index contributed by atoms with van der Waals surface area (Å²) in [4.78, 5) is 0. The summed E-state index contributed by atoms with van der Waals surface area (Å²) in [5.41, 5.74) is 13.3. The molecule has 0 saturated carbocycles. The molecule has 11 aromatic carbocycles. The Hall–Kier alpha value is -7.94. The third-order valence-electron chi connectivity index (χ3n) is 12.7. The second kappa shape index (κ2) is 12.8. The summed E-state index contributed by atoms with van der Waals surface area (Å²) in [6.45, 7) is 0. The molecule has 0 spiro atoms. The first-order valence-electron chi connectivity index (χ1n) is 20.6. The molecule has 13 aromatic rings. The highest BCUT2D eigenvalue weighted by molar-refractivity contribution is 6.26. The predicted molar refractivity (Wildman–Crippen MR) is 253 cm³/mol. The topological polar surface area (TPSA) is 26.3 Å². The highest BCUT2D eigenvalue weighted by atomic mass is 16.3. The molecule has 2 aromatic heterocycles. The van der Waals surface area contributed by atoms with Crippen LogP contribution in [0.15, 0.2) is 215 Å². The van der Waals surface area contributed by atoms with E-state index in [-0.39, 0.29) is 0 Å². The lowest BCUT2D eigenvalue weighted by Crippen LogP contribution is -1.92. The lowest BCUT2D eigenvalue weighted by molar-refractivity contribution is 0.665. The van der Waals surface area contributed by atoms with Gasteiger partial charge in [-0.3, -0.25) is 0 Å². The molecule has 0 aliphatic carbocycles. The van der Waals surface area contributed by atoms with Gasteiger partial charge >= 0.3 is 0 Å². The zero-order valence-corrected chi connectivity index (χ0v) is 32.4. The van der Waals surface area contributed by atoms with Gasteiger partial charge in [-0.25, -0.2) is 0 Å². The molecule has 2 heteroatoms. The maximum Gasteiger partial charge on any atom is 0.147 e. The van der Waals surface area contributed by atoms with E-state index < -0.39 is 0 Å². The van der Waals surface area contributed by atoms with Gasteiger partial charge in [0, 0.05) is 21.5 Å². The average molecular weight is 763 g/mol. The summed E-state index contributed by atoms with van der Waals surface area (Å²) in [5, 5.41) is 14.0. The average Bonchev–Trinajstić information content (AvgIpc) is 3.89. The standard InChI is InChI=1S/C58H34O2/c1-2-13-35(14-3-1)36-15-12-16-39(33-36)54-45-20-6-8-22-47(45)55(48-23-9-7-21-46(48)54)49-30-29-40(42-17-4-5-18-43(42)49)37-25-27-41-38(34-37)26-28-51-56-53(60-57(41)51)32-31-50-44-19-10-11-24-52(44)59-58(50)56/h1-34H. The minimum absolute atomic E-state index is 0.837. The van der Waals surface area contributed by atoms with Gasteiger partial charge in [-0.2, -0.15) is 0 Å². The fourth-order valence-electron chi connectivity index (χ4n) is 9.98. The van der Waals surface area contributed by atoms with Crippen molar-refractivity contribution in [2.75, 3.05) is 0 Å². The van der Waals surface area contributed by atoms with Gasteiger partial charge in [0.05, 0.1) is 5.39 Å². The summed E-state index contributed by atoms with van der Waals surface area (Å²) in [6, 6.07) is 74.7. The normalized spacial score (nSPS) is 12.0. The van der Waals surface area contributed by atoms with Crippen LogP contribution in [0.4, 0.5) is 0 Å². The third kappa shape index (κ3) is 4.82. The first-order chi connectivity index (χ1) is 29.8. The van der Waals surface area contributed by atoms with E-state index in [0.29, 0.717) is 0 Å². The van der Waals surface area contributed by atoms with E-state index in [4.69, 9.17) is 8.83 Å². The van der Waals surface area contributed by atoms with Crippen LogP contribution in [-0.2, 0) is 0 Å². The SMILES string of the molecule is c1ccc(-c2cccc(-c3c4ccccc4c(-c4ccc(-c5ccc6c(ccc7c6oc6ccc8c9ccccc9oc8c67)c5)c5ccccc45)c4ccccc34)c2)cc1. The van der Waals surface area contributed by atoms with Crippen molar-refractivity contribution in [1.29, 1.82) is 0 Å². The van der Waals surface area contributed by atoms with Crippen molar-refractivity contribution in [3.05, 3.63) is 206 Å². The Morgan fingerprint density at radius 3 is 1.58 bits per heavy atom. The van der Waals surface area contributed by atoms with Gasteiger partial charge in [-0.05, 0) is 125 Å². The van der Waals surface area contributed by atoms with Crippen molar-refractivity contribution in [3.8, 4) is 44.5 Å². The molecule has 0 saturated heterocycles. The first-order valence-corrected chi connectivity index (χ1v) is 20.6. The fraction of sp³-hybridized carbons (Fsp3) is 0. The van der Waals surface area contributed by atoms with Gasteiger partial charge in [-0.1, -0.05) is 164 Å². The third-order valence-corrected chi connectivity index (χ3v) is 12.7. The summed E-state index contributed by atoms with van der Waals surface area (Å²) >= 11 is 0. The molecule has 278 valence electrons. The number of hydrogen-bond acceptors (Lipinski definition) is 2. The summed E-state index contributed by atoms with van der Waals surface area (Å²) in [5.74, 6) is 0. The Kier molecular flexibility index (Phi) is 7.05. The molecule has 0 bridgehead atoms. The smallest absolute Gasteiger partial charge is 0.147 e. The van der Waals surface area contributed by atoms with Crippen LogP contribution >= 0.6 is 0 Å². The molecular formula is C58H34O2. The monoisotopic (exact) mass is 762 g/mol. The van der Waals surface area contributed by atoms with E-state index in [1.165, 1.54) is 76.8 Å². The van der Waals surface area contributed by atoms with Crippen molar-refractivity contribution >= 4 is 87.0 Å². The largest absolute Gasteiger partial charge is 0.455 e. The number of benzene rings is 11. The van der Waals surface area contributed by atoms with Crippen LogP contribution in [0.2, 0.25) is 0 Å². The number of rotatable bonds is 4. The van der Waals surface area contributed by atoms with Gasteiger partial charge < -0.3 is 8.83 Å². The number of hydrogen-bond donors (Lipinski definition) is 0. The van der Waals surface area contributed by atoms with Crippen molar-refractivity contribution in [3.63, 3.8) is 0 Å². The van der Waals surface area contributed by atoms with Crippen LogP contribution < -0.4 is 0 Å². The fourth-order valence-corrected chi connectivity index (χ4v) is 9.98. The summed E-state index contributed by atoms with van der Waals surface area (Å²) in [6.07, 6.45) is 0. The van der Waals surface area contributed by atoms with E-state index in [1.54, 1.807) is 0 Å². The van der Waals surface area contributed by atoms with Crippen LogP contribution in [0.25, 0.3) is 131 Å². The molecule has 2 nitrogen and oxygen atoms in total.